The lowest BCUT2D eigenvalue weighted by atomic mass is 10.2. The molecule has 1 aromatic carbocycles. The minimum absolute atomic E-state index is 0.306. The van der Waals surface area contributed by atoms with Crippen molar-refractivity contribution in [2.24, 2.45) is 12.8 Å². The van der Waals surface area contributed by atoms with E-state index in [-0.39, 0.29) is 5.91 Å². The van der Waals surface area contributed by atoms with E-state index in [0.29, 0.717) is 12.8 Å². The molecule has 0 atom stereocenters. The van der Waals surface area contributed by atoms with Crippen LogP contribution in [0.3, 0.4) is 0 Å². The molecule has 0 saturated carbocycles. The summed E-state index contributed by atoms with van der Waals surface area (Å²) in [5.74, 6) is 1.43. The first-order chi connectivity index (χ1) is 9.66. The fraction of sp³-hybridized carbons (Fsp3) is 0.357. The third kappa shape index (κ3) is 4.09. The van der Waals surface area contributed by atoms with Gasteiger partial charge in [0, 0.05) is 25.6 Å². The Morgan fingerprint density at radius 1 is 1.25 bits per heavy atom. The predicted octanol–water partition coefficient (Wildman–Crippen LogP) is 1.57. The number of amides is 1. The zero-order chi connectivity index (χ0) is 14.4. The van der Waals surface area contributed by atoms with Crippen LogP contribution < -0.4 is 5.73 Å². The minimum Gasteiger partial charge on any atom is -0.370 e. The van der Waals surface area contributed by atoms with Gasteiger partial charge in [0.25, 0.3) is 0 Å². The highest BCUT2D eigenvalue weighted by atomic mass is 32.2. The number of hydrogen-bond acceptors (Lipinski definition) is 4. The van der Waals surface area contributed by atoms with Crippen molar-refractivity contribution in [1.29, 1.82) is 0 Å². The summed E-state index contributed by atoms with van der Waals surface area (Å²) in [7, 11) is 1.92. The first-order valence-corrected chi connectivity index (χ1v) is 7.48. The summed E-state index contributed by atoms with van der Waals surface area (Å²) in [6, 6.07) is 10.4. The largest absolute Gasteiger partial charge is 0.370 e. The van der Waals surface area contributed by atoms with Crippen molar-refractivity contribution >= 4 is 17.7 Å². The highest BCUT2D eigenvalue weighted by Crippen LogP contribution is 2.17. The number of benzene rings is 1. The van der Waals surface area contributed by atoms with Crippen LogP contribution in [0.4, 0.5) is 0 Å². The molecule has 0 radical (unpaired) electrons. The van der Waals surface area contributed by atoms with Crippen LogP contribution in [0.1, 0.15) is 17.8 Å². The summed E-state index contributed by atoms with van der Waals surface area (Å²) in [5.41, 5.74) is 6.46. The normalized spacial score (nSPS) is 10.7. The highest BCUT2D eigenvalue weighted by Gasteiger charge is 2.09. The molecule has 1 heterocycles. The molecule has 1 amide bonds. The van der Waals surface area contributed by atoms with Crippen LogP contribution >= 0.6 is 11.8 Å². The molecular weight excluding hydrogens is 272 g/mol. The number of carbonyl (C=O) groups excluding carboxylic acids is 1. The Labute approximate surface area is 122 Å². The standard InChI is InChI=1S/C14H18N4OS/c1-18-13(8-7-12(15)19)16-17-14(18)20-10-9-11-5-3-2-4-6-11/h2-6H,7-10H2,1H3,(H2,15,19). The second-order valence-electron chi connectivity index (χ2n) is 4.51. The third-order valence-corrected chi connectivity index (χ3v) is 4.01. The van der Waals surface area contributed by atoms with Gasteiger partial charge in [-0.1, -0.05) is 42.1 Å². The maximum Gasteiger partial charge on any atom is 0.217 e. The lowest BCUT2D eigenvalue weighted by Crippen LogP contribution is -2.12. The van der Waals surface area contributed by atoms with Gasteiger partial charge in [0.05, 0.1) is 0 Å². The summed E-state index contributed by atoms with van der Waals surface area (Å²) in [6.07, 6.45) is 1.84. The topological polar surface area (TPSA) is 73.8 Å². The fourth-order valence-corrected chi connectivity index (χ4v) is 2.75. The maximum atomic E-state index is 10.8. The van der Waals surface area contributed by atoms with Gasteiger partial charge >= 0.3 is 0 Å². The van der Waals surface area contributed by atoms with E-state index < -0.39 is 0 Å². The second-order valence-corrected chi connectivity index (χ2v) is 5.57. The summed E-state index contributed by atoms with van der Waals surface area (Å²) in [4.78, 5) is 10.8. The van der Waals surface area contributed by atoms with Crippen molar-refractivity contribution in [3.8, 4) is 0 Å². The van der Waals surface area contributed by atoms with Crippen LogP contribution in [0.25, 0.3) is 0 Å². The van der Waals surface area contributed by atoms with E-state index >= 15 is 0 Å². The van der Waals surface area contributed by atoms with Gasteiger partial charge in [0.15, 0.2) is 5.16 Å². The molecular formula is C14H18N4OS. The molecule has 2 aromatic rings. The van der Waals surface area contributed by atoms with Crippen molar-refractivity contribution in [3.05, 3.63) is 41.7 Å². The summed E-state index contributed by atoms with van der Waals surface area (Å²) >= 11 is 1.67. The van der Waals surface area contributed by atoms with E-state index in [9.17, 15) is 4.79 Å². The van der Waals surface area contributed by atoms with Gasteiger partial charge in [0.1, 0.15) is 5.82 Å². The SMILES string of the molecule is Cn1c(CCC(N)=O)nnc1SCCc1ccccc1. The minimum atomic E-state index is -0.314. The van der Waals surface area contributed by atoms with E-state index in [0.717, 1.165) is 23.2 Å². The first kappa shape index (κ1) is 14.6. The molecule has 20 heavy (non-hydrogen) atoms. The van der Waals surface area contributed by atoms with Crippen molar-refractivity contribution in [2.75, 3.05) is 5.75 Å². The number of nitrogens with zero attached hydrogens (tertiary/aromatic N) is 3. The molecule has 0 bridgehead atoms. The Hall–Kier alpha value is -1.82. The summed E-state index contributed by atoms with van der Waals surface area (Å²) < 4.78 is 1.93. The van der Waals surface area contributed by atoms with E-state index in [1.54, 1.807) is 11.8 Å². The Morgan fingerprint density at radius 2 is 2.00 bits per heavy atom. The van der Waals surface area contributed by atoms with E-state index in [1.807, 2.05) is 29.8 Å². The Balaban J connectivity index is 1.85. The highest BCUT2D eigenvalue weighted by molar-refractivity contribution is 7.99. The van der Waals surface area contributed by atoms with Crippen LogP contribution in [-0.4, -0.2) is 26.4 Å². The van der Waals surface area contributed by atoms with Gasteiger partial charge in [-0.15, -0.1) is 10.2 Å². The van der Waals surface area contributed by atoms with Crippen LogP contribution in [0, 0.1) is 0 Å². The number of carbonyl (C=O) groups is 1. The Morgan fingerprint density at radius 3 is 2.70 bits per heavy atom. The van der Waals surface area contributed by atoms with Gasteiger partial charge in [-0.3, -0.25) is 4.79 Å². The van der Waals surface area contributed by atoms with Crippen molar-refractivity contribution in [1.82, 2.24) is 14.8 Å². The van der Waals surface area contributed by atoms with Crippen LogP contribution in [0.2, 0.25) is 0 Å². The second kappa shape index (κ2) is 7.09. The van der Waals surface area contributed by atoms with Crippen molar-refractivity contribution in [3.63, 3.8) is 0 Å². The molecule has 0 aliphatic carbocycles. The Kier molecular flexibility index (Phi) is 5.17. The van der Waals surface area contributed by atoms with Gasteiger partial charge in [-0.25, -0.2) is 0 Å². The van der Waals surface area contributed by atoms with Crippen LogP contribution in [0.5, 0.6) is 0 Å². The molecule has 0 aliphatic rings. The van der Waals surface area contributed by atoms with Crippen LogP contribution in [0.15, 0.2) is 35.5 Å². The number of aromatic nitrogens is 3. The first-order valence-electron chi connectivity index (χ1n) is 6.50. The summed E-state index contributed by atoms with van der Waals surface area (Å²) in [6.45, 7) is 0. The van der Waals surface area contributed by atoms with E-state index in [1.165, 1.54) is 5.56 Å². The summed E-state index contributed by atoms with van der Waals surface area (Å²) in [5, 5.41) is 9.12. The third-order valence-electron chi connectivity index (χ3n) is 2.98. The average molecular weight is 290 g/mol. The number of hydrogen-bond donors (Lipinski definition) is 1. The van der Waals surface area contributed by atoms with Gasteiger partial charge < -0.3 is 10.3 Å². The number of primary amides is 1. The lowest BCUT2D eigenvalue weighted by molar-refractivity contribution is -0.118. The van der Waals surface area contributed by atoms with E-state index in [4.69, 9.17) is 5.73 Å². The molecule has 5 nitrogen and oxygen atoms in total. The maximum absolute atomic E-state index is 10.8. The van der Waals surface area contributed by atoms with Crippen molar-refractivity contribution in [2.45, 2.75) is 24.4 Å². The molecule has 2 rings (SSSR count). The zero-order valence-corrected chi connectivity index (χ0v) is 12.3. The number of rotatable bonds is 7. The zero-order valence-electron chi connectivity index (χ0n) is 11.5. The molecule has 0 saturated heterocycles. The molecule has 2 N–H and O–H groups in total. The lowest BCUT2D eigenvalue weighted by Gasteiger charge is -2.03. The molecule has 0 spiro atoms. The van der Waals surface area contributed by atoms with Crippen LogP contribution in [-0.2, 0) is 24.7 Å². The Bertz CT molecular complexity index is 568. The monoisotopic (exact) mass is 290 g/mol. The quantitative estimate of drug-likeness (QED) is 0.785. The van der Waals surface area contributed by atoms with Gasteiger partial charge in [0.2, 0.25) is 5.91 Å². The molecule has 106 valence electrons. The van der Waals surface area contributed by atoms with Gasteiger partial charge in [-0.05, 0) is 12.0 Å². The molecule has 6 heteroatoms. The molecule has 1 aromatic heterocycles. The van der Waals surface area contributed by atoms with Gasteiger partial charge in [-0.2, -0.15) is 0 Å². The molecule has 0 unspecified atom stereocenters. The predicted molar refractivity (Wildman–Crippen MR) is 79.4 cm³/mol. The number of thioether (sulfide) groups is 1. The number of nitrogens with two attached hydrogens (primary N) is 1. The molecule has 0 aliphatic heterocycles. The molecule has 0 fully saturated rings. The van der Waals surface area contributed by atoms with E-state index in [2.05, 4.69) is 22.3 Å². The number of aryl methyl sites for hydroxylation is 2. The smallest absolute Gasteiger partial charge is 0.217 e. The average Bonchev–Trinajstić information content (AvgIpc) is 2.79. The van der Waals surface area contributed by atoms with Crippen molar-refractivity contribution < 1.29 is 4.79 Å². The fourth-order valence-electron chi connectivity index (χ4n) is 1.83.